The Morgan fingerprint density at radius 1 is 1.56 bits per heavy atom. The number of hydrogen-bond acceptors (Lipinski definition) is 5. The quantitative estimate of drug-likeness (QED) is 0.784. The molecule has 0 aromatic carbocycles. The molecule has 0 saturated carbocycles. The van der Waals surface area contributed by atoms with Gasteiger partial charge in [-0.25, -0.2) is 13.2 Å². The number of thiophene rings is 1. The molecule has 3 N–H and O–H groups in total. The average molecular weight is 287 g/mol. The number of carbonyl (C=O) groups is 1. The van der Waals surface area contributed by atoms with Crippen LogP contribution in [0.4, 0.5) is 5.82 Å². The van der Waals surface area contributed by atoms with Crippen molar-refractivity contribution in [3.05, 3.63) is 28.1 Å². The number of rotatable bonds is 4. The maximum absolute atomic E-state index is 11.9. The molecule has 0 saturated heterocycles. The molecule has 2 aromatic rings. The molecule has 2 rings (SSSR count). The third-order valence-electron chi connectivity index (χ3n) is 2.16. The smallest absolute Gasteiger partial charge is 0.345 e. The Balaban J connectivity index is 2.31. The lowest BCUT2D eigenvalue weighted by Gasteiger charge is -2.04. The highest BCUT2D eigenvalue weighted by Crippen LogP contribution is 2.22. The van der Waals surface area contributed by atoms with E-state index in [4.69, 9.17) is 5.11 Å². The van der Waals surface area contributed by atoms with Crippen molar-refractivity contribution in [2.45, 2.75) is 11.8 Å². The molecule has 0 atom stereocenters. The Morgan fingerprint density at radius 3 is 2.78 bits per heavy atom. The van der Waals surface area contributed by atoms with Crippen LogP contribution in [0.15, 0.2) is 22.5 Å². The number of anilines is 1. The normalized spacial score (nSPS) is 11.4. The molecule has 2 heterocycles. The van der Waals surface area contributed by atoms with Crippen molar-refractivity contribution in [1.29, 1.82) is 0 Å². The average Bonchev–Trinajstić information content (AvgIpc) is 2.88. The van der Waals surface area contributed by atoms with Crippen molar-refractivity contribution in [3.8, 4) is 0 Å². The summed E-state index contributed by atoms with van der Waals surface area (Å²) in [6.45, 7) is 1.69. The summed E-state index contributed by atoms with van der Waals surface area (Å²) >= 11 is 0.857. The number of aromatic carboxylic acids is 1. The molecule has 0 aliphatic rings. The zero-order chi connectivity index (χ0) is 13.3. The molecule has 0 amide bonds. The fourth-order valence-electron chi connectivity index (χ4n) is 1.21. The standard InChI is InChI=1S/C9H9N3O4S2/c1-5-3-10-11-8(5)12-18(15,16)6-2-7(9(13)14)17-4-6/h2-4H,1H3,(H,13,14)(H2,10,11,12). The number of hydrogen-bond donors (Lipinski definition) is 3. The molecule has 0 aliphatic carbocycles. The summed E-state index contributed by atoms with van der Waals surface area (Å²) in [5.41, 5.74) is 0.646. The van der Waals surface area contributed by atoms with E-state index in [0.717, 1.165) is 17.4 Å². The highest BCUT2D eigenvalue weighted by atomic mass is 32.2. The number of aromatic amines is 1. The van der Waals surface area contributed by atoms with E-state index in [1.807, 2.05) is 0 Å². The van der Waals surface area contributed by atoms with E-state index in [0.29, 0.717) is 5.56 Å². The molecule has 0 unspecified atom stereocenters. The number of carboxylic acid groups (broad SMARTS) is 1. The van der Waals surface area contributed by atoms with Crippen LogP contribution in [0, 0.1) is 6.92 Å². The molecular formula is C9H9N3O4S2. The first kappa shape index (κ1) is 12.6. The van der Waals surface area contributed by atoms with Crippen molar-refractivity contribution >= 4 is 33.1 Å². The van der Waals surface area contributed by atoms with Crippen molar-refractivity contribution in [1.82, 2.24) is 10.2 Å². The van der Waals surface area contributed by atoms with Crippen molar-refractivity contribution in [2.24, 2.45) is 0 Å². The van der Waals surface area contributed by atoms with E-state index in [2.05, 4.69) is 14.9 Å². The van der Waals surface area contributed by atoms with Gasteiger partial charge >= 0.3 is 5.97 Å². The summed E-state index contributed by atoms with van der Waals surface area (Å²) in [4.78, 5) is 10.6. The van der Waals surface area contributed by atoms with E-state index < -0.39 is 16.0 Å². The van der Waals surface area contributed by atoms with Gasteiger partial charge in [0, 0.05) is 10.9 Å². The van der Waals surface area contributed by atoms with E-state index >= 15 is 0 Å². The minimum atomic E-state index is -3.79. The minimum Gasteiger partial charge on any atom is -0.477 e. The topological polar surface area (TPSA) is 112 Å². The van der Waals surface area contributed by atoms with E-state index in [-0.39, 0.29) is 15.6 Å². The molecular weight excluding hydrogens is 278 g/mol. The van der Waals surface area contributed by atoms with Gasteiger partial charge < -0.3 is 5.11 Å². The molecule has 0 bridgehead atoms. The molecule has 0 spiro atoms. The number of nitrogens with one attached hydrogen (secondary N) is 2. The summed E-state index contributed by atoms with van der Waals surface area (Å²) in [5, 5.41) is 16.2. The summed E-state index contributed by atoms with van der Waals surface area (Å²) in [6, 6.07) is 1.11. The lowest BCUT2D eigenvalue weighted by atomic mass is 10.4. The first-order valence-corrected chi connectivity index (χ1v) is 7.11. The summed E-state index contributed by atoms with van der Waals surface area (Å²) in [6.07, 6.45) is 1.48. The molecule has 0 fully saturated rings. The maximum atomic E-state index is 11.9. The van der Waals surface area contributed by atoms with Gasteiger partial charge in [-0.2, -0.15) is 5.10 Å². The largest absolute Gasteiger partial charge is 0.477 e. The molecule has 96 valence electrons. The number of aryl methyl sites for hydroxylation is 1. The number of nitrogens with zero attached hydrogens (tertiary/aromatic N) is 1. The number of carboxylic acids is 1. The Kier molecular flexibility index (Phi) is 3.09. The lowest BCUT2D eigenvalue weighted by Crippen LogP contribution is -2.13. The van der Waals surface area contributed by atoms with E-state index in [9.17, 15) is 13.2 Å². The van der Waals surface area contributed by atoms with Crippen molar-refractivity contribution in [2.75, 3.05) is 4.72 Å². The molecule has 0 radical (unpaired) electrons. The molecule has 18 heavy (non-hydrogen) atoms. The van der Waals surface area contributed by atoms with Gasteiger partial charge in [0.25, 0.3) is 10.0 Å². The van der Waals surface area contributed by atoms with E-state index in [1.165, 1.54) is 11.6 Å². The molecule has 2 aromatic heterocycles. The fourth-order valence-corrected chi connectivity index (χ4v) is 3.41. The van der Waals surface area contributed by atoms with Crippen LogP contribution >= 0.6 is 11.3 Å². The number of aromatic nitrogens is 2. The van der Waals surface area contributed by atoms with Gasteiger partial charge in [0.1, 0.15) is 10.7 Å². The number of H-pyrrole nitrogens is 1. The Hall–Kier alpha value is -1.87. The van der Waals surface area contributed by atoms with Crippen LogP contribution in [0.2, 0.25) is 0 Å². The van der Waals surface area contributed by atoms with Crippen LogP contribution in [0.3, 0.4) is 0 Å². The SMILES string of the molecule is Cc1cn[nH]c1NS(=O)(=O)c1csc(C(=O)O)c1. The van der Waals surface area contributed by atoms with Crippen molar-refractivity contribution < 1.29 is 18.3 Å². The fraction of sp³-hybridized carbons (Fsp3) is 0.111. The van der Waals surface area contributed by atoms with Gasteiger partial charge in [-0.3, -0.25) is 9.82 Å². The van der Waals surface area contributed by atoms with Crippen LogP contribution in [0.1, 0.15) is 15.2 Å². The van der Waals surface area contributed by atoms with Crippen LogP contribution < -0.4 is 4.72 Å². The minimum absolute atomic E-state index is 0.0308. The Morgan fingerprint density at radius 2 is 2.28 bits per heavy atom. The third-order valence-corrected chi connectivity index (χ3v) is 4.56. The maximum Gasteiger partial charge on any atom is 0.345 e. The van der Waals surface area contributed by atoms with Crippen LogP contribution in [0.25, 0.3) is 0 Å². The predicted molar refractivity (Wildman–Crippen MR) is 65.4 cm³/mol. The van der Waals surface area contributed by atoms with Gasteiger partial charge in [-0.05, 0) is 13.0 Å². The van der Waals surface area contributed by atoms with Crippen LogP contribution in [-0.4, -0.2) is 29.7 Å². The Bertz CT molecular complexity index is 686. The second kappa shape index (κ2) is 4.42. The predicted octanol–water partition coefficient (Wildman–Crippen LogP) is 1.28. The third kappa shape index (κ3) is 2.36. The van der Waals surface area contributed by atoms with E-state index in [1.54, 1.807) is 6.92 Å². The van der Waals surface area contributed by atoms with Crippen LogP contribution in [0.5, 0.6) is 0 Å². The molecule has 7 nitrogen and oxygen atoms in total. The van der Waals surface area contributed by atoms with Gasteiger partial charge in [-0.1, -0.05) is 0 Å². The highest BCUT2D eigenvalue weighted by molar-refractivity contribution is 7.92. The summed E-state index contributed by atoms with van der Waals surface area (Å²) in [7, 11) is -3.79. The Labute approximate surface area is 107 Å². The first-order chi connectivity index (χ1) is 8.40. The van der Waals surface area contributed by atoms with Gasteiger partial charge in [0.2, 0.25) is 0 Å². The van der Waals surface area contributed by atoms with Gasteiger partial charge in [0.05, 0.1) is 11.1 Å². The monoisotopic (exact) mass is 287 g/mol. The summed E-state index contributed by atoms with van der Waals surface area (Å²) in [5.74, 6) is -0.891. The first-order valence-electron chi connectivity index (χ1n) is 4.75. The molecule has 9 heteroatoms. The van der Waals surface area contributed by atoms with Crippen LogP contribution in [-0.2, 0) is 10.0 Å². The van der Waals surface area contributed by atoms with Gasteiger partial charge in [-0.15, -0.1) is 11.3 Å². The summed E-state index contributed by atoms with van der Waals surface area (Å²) < 4.78 is 26.2. The van der Waals surface area contributed by atoms with Gasteiger partial charge in [0.15, 0.2) is 0 Å². The van der Waals surface area contributed by atoms with Crippen molar-refractivity contribution in [3.63, 3.8) is 0 Å². The second-order valence-electron chi connectivity index (χ2n) is 3.49. The molecule has 0 aliphatic heterocycles. The second-order valence-corrected chi connectivity index (χ2v) is 6.08. The highest BCUT2D eigenvalue weighted by Gasteiger charge is 2.19. The zero-order valence-electron chi connectivity index (χ0n) is 9.17. The lowest BCUT2D eigenvalue weighted by molar-refractivity contribution is 0.0702. The number of sulfonamides is 1. The zero-order valence-corrected chi connectivity index (χ0v) is 10.8.